The summed E-state index contributed by atoms with van der Waals surface area (Å²) in [5, 5.41) is 0.401. The number of hydrogen-bond donors (Lipinski definition) is 0. The lowest BCUT2D eigenvalue weighted by molar-refractivity contribution is -0.136. The van der Waals surface area contributed by atoms with Crippen molar-refractivity contribution in [2.45, 2.75) is 39.2 Å². The zero-order valence-corrected chi connectivity index (χ0v) is 22.8. The zero-order valence-electron chi connectivity index (χ0n) is 21.2. The van der Waals surface area contributed by atoms with E-state index in [1.807, 2.05) is 37.3 Å². The Bertz CT molecular complexity index is 1510. The van der Waals surface area contributed by atoms with Crippen LogP contribution in [0.2, 0.25) is 5.02 Å². The molecule has 0 aliphatic carbocycles. The average molecular weight is 541 g/mol. The molecule has 1 aromatic heterocycles. The number of halogens is 1. The summed E-state index contributed by atoms with van der Waals surface area (Å²) in [5.41, 5.74) is 2.21. The van der Waals surface area contributed by atoms with E-state index in [-0.39, 0.29) is 5.56 Å². The Labute approximate surface area is 224 Å². The van der Waals surface area contributed by atoms with Crippen molar-refractivity contribution in [1.29, 1.82) is 0 Å². The van der Waals surface area contributed by atoms with Gasteiger partial charge in [0.1, 0.15) is 0 Å². The largest absolute Gasteiger partial charge is 0.493 e. The minimum absolute atomic E-state index is 0.257. The number of allylic oxidation sites excluding steroid dienone is 1. The van der Waals surface area contributed by atoms with Crippen molar-refractivity contribution in [3.63, 3.8) is 0 Å². The van der Waals surface area contributed by atoms with Crippen LogP contribution in [0.4, 0.5) is 0 Å². The first-order valence-electron chi connectivity index (χ1n) is 12.1. The predicted molar refractivity (Wildman–Crippen MR) is 145 cm³/mol. The maximum atomic E-state index is 13.8. The van der Waals surface area contributed by atoms with Crippen LogP contribution in [0.3, 0.4) is 0 Å². The molecule has 1 aliphatic rings. The highest BCUT2D eigenvalue weighted by molar-refractivity contribution is 7.07. The van der Waals surface area contributed by atoms with Gasteiger partial charge in [0.15, 0.2) is 16.3 Å². The standard InChI is InChI=1S/C28H29ClN2O5S/c1-5-7-13-36-25-19(29)14-17(15-21(25)34-3)16-22-26(32)31-24(18-11-9-8-10-12-18)23(27(33)35-4)20(6-2)30-28(31)37-22/h8-12,14-16,24H,5-7,13H2,1-4H3/b22-16-/t24-/m1/s1. The number of rotatable bonds is 9. The molecule has 2 heterocycles. The Balaban J connectivity index is 1.88. The second-order valence-electron chi connectivity index (χ2n) is 8.44. The molecular formula is C28H29ClN2O5S. The fraction of sp³-hybridized carbons (Fsp3) is 0.321. The van der Waals surface area contributed by atoms with Crippen molar-refractivity contribution in [2.24, 2.45) is 4.99 Å². The highest BCUT2D eigenvalue weighted by Gasteiger charge is 2.33. The van der Waals surface area contributed by atoms with Crippen LogP contribution in [0, 0.1) is 0 Å². The molecule has 7 nitrogen and oxygen atoms in total. The van der Waals surface area contributed by atoms with Gasteiger partial charge in [-0.2, -0.15) is 0 Å². The Hall–Kier alpha value is -3.36. The number of esters is 1. The third-order valence-electron chi connectivity index (χ3n) is 6.06. The zero-order chi connectivity index (χ0) is 26.5. The lowest BCUT2D eigenvalue weighted by atomic mass is 9.95. The van der Waals surface area contributed by atoms with Crippen LogP contribution in [0.15, 0.2) is 63.5 Å². The van der Waals surface area contributed by atoms with Crippen LogP contribution in [-0.4, -0.2) is 31.4 Å². The van der Waals surface area contributed by atoms with E-state index >= 15 is 0 Å². The van der Waals surface area contributed by atoms with Crippen LogP contribution in [-0.2, 0) is 9.53 Å². The Morgan fingerprint density at radius 3 is 2.59 bits per heavy atom. The number of carbonyl (C=O) groups excluding carboxylic acids is 1. The summed E-state index contributed by atoms with van der Waals surface area (Å²) >= 11 is 7.79. The van der Waals surface area contributed by atoms with Crippen molar-refractivity contribution >= 4 is 35.0 Å². The Morgan fingerprint density at radius 2 is 1.95 bits per heavy atom. The van der Waals surface area contributed by atoms with Gasteiger partial charge in [-0.05, 0) is 42.2 Å². The van der Waals surface area contributed by atoms with Crippen LogP contribution in [0.25, 0.3) is 6.08 Å². The maximum absolute atomic E-state index is 13.8. The quantitative estimate of drug-likeness (QED) is 0.292. The summed E-state index contributed by atoms with van der Waals surface area (Å²) in [4.78, 5) is 31.8. The number of hydrogen-bond acceptors (Lipinski definition) is 7. The van der Waals surface area contributed by atoms with Gasteiger partial charge in [0.2, 0.25) is 0 Å². The summed E-state index contributed by atoms with van der Waals surface area (Å²) in [6.45, 7) is 4.55. The topological polar surface area (TPSA) is 79.1 Å². The molecule has 37 heavy (non-hydrogen) atoms. The fourth-order valence-corrected chi connectivity index (χ4v) is 5.54. The first kappa shape index (κ1) is 26.7. The number of benzene rings is 2. The molecule has 0 spiro atoms. The predicted octanol–water partition coefficient (Wildman–Crippen LogP) is 4.64. The van der Waals surface area contributed by atoms with E-state index in [4.69, 9.17) is 25.8 Å². The molecule has 0 fully saturated rings. The van der Waals surface area contributed by atoms with Crippen LogP contribution in [0.1, 0.15) is 50.3 Å². The van der Waals surface area contributed by atoms with E-state index < -0.39 is 12.0 Å². The SMILES string of the molecule is CCCCOc1c(Cl)cc(/C=c2\sc3n(c2=O)[C@H](c2ccccc2)C(C(=O)OC)=C(CC)N=3)cc1OC. The highest BCUT2D eigenvalue weighted by Crippen LogP contribution is 2.37. The van der Waals surface area contributed by atoms with E-state index in [1.165, 1.54) is 18.4 Å². The number of carbonyl (C=O) groups is 1. The molecule has 0 bridgehead atoms. The van der Waals surface area contributed by atoms with Gasteiger partial charge in [0.05, 0.1) is 47.7 Å². The fourth-order valence-electron chi connectivity index (χ4n) is 4.25. The minimum atomic E-state index is -0.644. The lowest BCUT2D eigenvalue weighted by Gasteiger charge is -2.25. The van der Waals surface area contributed by atoms with Crippen LogP contribution in [0.5, 0.6) is 11.5 Å². The van der Waals surface area contributed by atoms with Crippen LogP contribution < -0.4 is 24.4 Å². The summed E-state index contributed by atoms with van der Waals surface area (Å²) in [7, 11) is 2.89. The summed E-state index contributed by atoms with van der Waals surface area (Å²) < 4.78 is 18.5. The number of methoxy groups -OCH3 is 2. The first-order valence-corrected chi connectivity index (χ1v) is 13.3. The van der Waals surface area contributed by atoms with Crippen molar-refractivity contribution in [3.8, 4) is 11.5 Å². The van der Waals surface area contributed by atoms with Gasteiger partial charge in [-0.25, -0.2) is 9.79 Å². The van der Waals surface area contributed by atoms with E-state index in [0.29, 0.717) is 55.7 Å². The van der Waals surface area contributed by atoms with Crippen molar-refractivity contribution in [2.75, 3.05) is 20.8 Å². The molecule has 0 saturated carbocycles. The number of fused-ring (bicyclic) bond motifs is 1. The van der Waals surface area contributed by atoms with Crippen molar-refractivity contribution in [3.05, 3.63) is 89.6 Å². The second kappa shape index (κ2) is 11.8. The molecule has 9 heteroatoms. The summed E-state index contributed by atoms with van der Waals surface area (Å²) in [6, 6.07) is 12.3. The molecule has 0 saturated heterocycles. The molecule has 0 unspecified atom stereocenters. The Morgan fingerprint density at radius 1 is 1.19 bits per heavy atom. The molecular weight excluding hydrogens is 512 g/mol. The minimum Gasteiger partial charge on any atom is -0.493 e. The molecule has 3 aromatic rings. The third kappa shape index (κ3) is 5.36. The van der Waals surface area contributed by atoms with Crippen molar-refractivity contribution in [1.82, 2.24) is 4.57 Å². The number of nitrogens with zero attached hydrogens (tertiary/aromatic N) is 2. The van der Waals surface area contributed by atoms with Gasteiger partial charge in [0.25, 0.3) is 5.56 Å². The molecule has 1 atom stereocenters. The van der Waals surface area contributed by atoms with Crippen molar-refractivity contribution < 1.29 is 19.0 Å². The van der Waals surface area contributed by atoms with Gasteiger partial charge >= 0.3 is 5.97 Å². The molecule has 0 radical (unpaired) electrons. The second-order valence-corrected chi connectivity index (χ2v) is 9.85. The van der Waals surface area contributed by atoms with Gasteiger partial charge < -0.3 is 14.2 Å². The highest BCUT2D eigenvalue weighted by atomic mass is 35.5. The van der Waals surface area contributed by atoms with Gasteiger partial charge in [0, 0.05) is 0 Å². The number of aromatic nitrogens is 1. The molecule has 0 amide bonds. The monoisotopic (exact) mass is 540 g/mol. The summed E-state index contributed by atoms with van der Waals surface area (Å²) in [6.07, 6.45) is 4.17. The Kier molecular flexibility index (Phi) is 8.51. The summed E-state index contributed by atoms with van der Waals surface area (Å²) in [5.74, 6) is 0.473. The number of unbranched alkanes of at least 4 members (excludes halogenated alkanes) is 1. The van der Waals surface area contributed by atoms with E-state index in [1.54, 1.807) is 29.9 Å². The number of ether oxygens (including phenoxy) is 3. The molecule has 0 N–H and O–H groups in total. The maximum Gasteiger partial charge on any atom is 0.338 e. The normalized spacial score (nSPS) is 15.3. The van der Waals surface area contributed by atoms with E-state index in [2.05, 4.69) is 11.9 Å². The molecule has 4 rings (SSSR count). The van der Waals surface area contributed by atoms with E-state index in [9.17, 15) is 9.59 Å². The molecule has 194 valence electrons. The lowest BCUT2D eigenvalue weighted by Crippen LogP contribution is -2.40. The third-order valence-corrected chi connectivity index (χ3v) is 7.32. The number of thiazole rings is 1. The first-order chi connectivity index (χ1) is 17.9. The van der Waals surface area contributed by atoms with Gasteiger partial charge in [-0.15, -0.1) is 0 Å². The smallest absolute Gasteiger partial charge is 0.338 e. The molecule has 1 aliphatic heterocycles. The van der Waals surface area contributed by atoms with E-state index in [0.717, 1.165) is 18.4 Å². The van der Waals surface area contributed by atoms with Gasteiger partial charge in [-0.3, -0.25) is 9.36 Å². The molecule has 2 aromatic carbocycles. The average Bonchev–Trinajstić information content (AvgIpc) is 3.22. The van der Waals surface area contributed by atoms with Crippen LogP contribution >= 0.6 is 22.9 Å². The van der Waals surface area contributed by atoms with Gasteiger partial charge in [-0.1, -0.05) is 73.5 Å².